The second-order valence-corrected chi connectivity index (χ2v) is 8.08. The minimum Gasteiger partial charge on any atom is -0.497 e. The molecule has 2 aromatic heterocycles. The van der Waals surface area contributed by atoms with Gasteiger partial charge in [0.05, 0.1) is 30.5 Å². The van der Waals surface area contributed by atoms with Crippen molar-refractivity contribution in [2.75, 3.05) is 48.9 Å². The van der Waals surface area contributed by atoms with E-state index >= 15 is 0 Å². The van der Waals surface area contributed by atoms with E-state index in [0.717, 1.165) is 59.5 Å². The molecule has 0 amide bonds. The van der Waals surface area contributed by atoms with Crippen LogP contribution in [0, 0.1) is 0 Å². The molecule has 4 aromatic rings. The van der Waals surface area contributed by atoms with Crippen LogP contribution >= 0.6 is 11.3 Å². The number of benzene rings is 2. The first-order valence-electron chi connectivity index (χ1n) is 10.1. The molecule has 1 saturated heterocycles. The van der Waals surface area contributed by atoms with E-state index in [9.17, 15) is 0 Å². The Balaban J connectivity index is 1.38. The summed E-state index contributed by atoms with van der Waals surface area (Å²) >= 11 is 1.61. The monoisotopic (exact) mass is 433 g/mol. The zero-order chi connectivity index (χ0) is 21.0. The average molecular weight is 434 g/mol. The number of nitrogens with one attached hydrogen (secondary N) is 2. The largest absolute Gasteiger partial charge is 0.497 e. The maximum atomic E-state index is 5.44. The summed E-state index contributed by atoms with van der Waals surface area (Å²) in [6, 6.07) is 18.1. The van der Waals surface area contributed by atoms with E-state index in [1.165, 1.54) is 5.69 Å². The topological polar surface area (TPSA) is 71.5 Å². The van der Waals surface area contributed by atoms with E-state index < -0.39 is 0 Å². The van der Waals surface area contributed by atoms with Gasteiger partial charge in [0.2, 0.25) is 5.95 Å². The van der Waals surface area contributed by atoms with Gasteiger partial charge in [-0.2, -0.15) is 4.98 Å². The lowest BCUT2D eigenvalue weighted by Crippen LogP contribution is -2.36. The van der Waals surface area contributed by atoms with E-state index in [1.807, 2.05) is 35.7 Å². The predicted octanol–water partition coefficient (Wildman–Crippen LogP) is 5.02. The van der Waals surface area contributed by atoms with Gasteiger partial charge in [-0.25, -0.2) is 4.98 Å². The zero-order valence-electron chi connectivity index (χ0n) is 17.2. The highest BCUT2D eigenvalue weighted by atomic mass is 32.1. The summed E-state index contributed by atoms with van der Waals surface area (Å²) in [4.78, 5) is 11.7. The van der Waals surface area contributed by atoms with Crippen molar-refractivity contribution in [1.82, 2.24) is 9.97 Å². The molecular weight excluding hydrogens is 410 g/mol. The third kappa shape index (κ3) is 4.40. The second kappa shape index (κ2) is 8.79. The number of methoxy groups -OCH3 is 1. The molecule has 7 nitrogen and oxygen atoms in total. The average Bonchev–Trinajstić information content (AvgIpc) is 3.29. The summed E-state index contributed by atoms with van der Waals surface area (Å²) in [6.07, 6.45) is 0. The molecule has 1 aliphatic heterocycles. The summed E-state index contributed by atoms with van der Waals surface area (Å²) in [5.74, 6) is 2.11. The smallest absolute Gasteiger partial charge is 0.229 e. The highest BCUT2D eigenvalue weighted by Crippen LogP contribution is 2.31. The number of fused-ring (bicyclic) bond motifs is 1. The fraction of sp³-hybridized carbons (Fsp3) is 0.217. The number of thiophene rings is 1. The Bertz CT molecular complexity index is 1170. The molecule has 3 heterocycles. The van der Waals surface area contributed by atoms with Crippen LogP contribution in [-0.4, -0.2) is 43.4 Å². The first-order chi connectivity index (χ1) is 15.3. The van der Waals surface area contributed by atoms with Crippen LogP contribution in [-0.2, 0) is 4.74 Å². The van der Waals surface area contributed by atoms with Crippen LogP contribution in [0.3, 0.4) is 0 Å². The number of morpholine rings is 1. The SMILES string of the molecule is COc1cccc(Nc2nc(Nc3ccc(N4CCOCC4)cc3)nc3ccsc23)c1. The highest BCUT2D eigenvalue weighted by molar-refractivity contribution is 7.17. The summed E-state index contributed by atoms with van der Waals surface area (Å²) in [5.41, 5.74) is 3.95. The molecule has 1 fully saturated rings. The molecule has 2 aromatic carbocycles. The number of anilines is 5. The second-order valence-electron chi connectivity index (χ2n) is 7.16. The van der Waals surface area contributed by atoms with Gasteiger partial charge < -0.3 is 25.0 Å². The van der Waals surface area contributed by atoms with E-state index in [1.54, 1.807) is 18.4 Å². The van der Waals surface area contributed by atoms with Gasteiger partial charge in [-0.1, -0.05) is 6.07 Å². The van der Waals surface area contributed by atoms with Gasteiger partial charge in [-0.3, -0.25) is 0 Å². The molecule has 0 aliphatic carbocycles. The molecule has 0 unspecified atom stereocenters. The van der Waals surface area contributed by atoms with Crippen molar-refractivity contribution < 1.29 is 9.47 Å². The summed E-state index contributed by atoms with van der Waals surface area (Å²) in [7, 11) is 1.66. The van der Waals surface area contributed by atoms with Crippen LogP contribution in [0.2, 0.25) is 0 Å². The number of rotatable bonds is 6. The van der Waals surface area contributed by atoms with Gasteiger partial charge in [-0.05, 0) is 47.8 Å². The Morgan fingerprint density at radius 3 is 2.61 bits per heavy atom. The Morgan fingerprint density at radius 2 is 1.81 bits per heavy atom. The summed E-state index contributed by atoms with van der Waals surface area (Å²) < 4.78 is 11.8. The van der Waals surface area contributed by atoms with Crippen LogP contribution in [0.1, 0.15) is 0 Å². The van der Waals surface area contributed by atoms with Crippen molar-refractivity contribution in [3.05, 3.63) is 60.0 Å². The maximum Gasteiger partial charge on any atom is 0.229 e. The lowest BCUT2D eigenvalue weighted by atomic mass is 10.2. The minimum absolute atomic E-state index is 0.551. The van der Waals surface area contributed by atoms with Crippen molar-refractivity contribution in [2.45, 2.75) is 0 Å². The standard InChI is InChI=1S/C23H23N5O2S/c1-29-19-4-2-3-17(15-19)24-22-21-20(9-14-31-21)26-23(27-22)25-16-5-7-18(8-6-16)28-10-12-30-13-11-28/h2-9,14-15H,10-13H2,1H3,(H2,24,25,26,27). The first kappa shape index (κ1) is 19.6. The summed E-state index contributed by atoms with van der Waals surface area (Å²) in [6.45, 7) is 3.39. The Hall–Kier alpha value is -3.36. The molecule has 31 heavy (non-hydrogen) atoms. The third-order valence-corrected chi connectivity index (χ3v) is 6.05. The van der Waals surface area contributed by atoms with E-state index in [2.05, 4.69) is 44.8 Å². The summed E-state index contributed by atoms with van der Waals surface area (Å²) in [5, 5.41) is 8.77. The Kier molecular flexibility index (Phi) is 5.56. The van der Waals surface area contributed by atoms with Crippen LogP contribution in [0.25, 0.3) is 10.2 Å². The van der Waals surface area contributed by atoms with Crippen molar-refractivity contribution in [3.63, 3.8) is 0 Å². The molecular formula is C23H23N5O2S. The van der Waals surface area contributed by atoms with Crippen molar-refractivity contribution >= 4 is 50.4 Å². The lowest BCUT2D eigenvalue weighted by molar-refractivity contribution is 0.122. The van der Waals surface area contributed by atoms with Crippen molar-refractivity contribution in [2.24, 2.45) is 0 Å². The third-order valence-electron chi connectivity index (χ3n) is 5.14. The first-order valence-corrected chi connectivity index (χ1v) is 11.0. The van der Waals surface area contributed by atoms with Gasteiger partial charge >= 0.3 is 0 Å². The molecule has 1 aliphatic rings. The normalized spacial score (nSPS) is 13.9. The number of ether oxygens (including phenoxy) is 2. The van der Waals surface area contributed by atoms with Gasteiger partial charge in [0.1, 0.15) is 5.75 Å². The molecule has 0 spiro atoms. The molecule has 0 saturated carbocycles. The number of hydrogen-bond acceptors (Lipinski definition) is 8. The van der Waals surface area contributed by atoms with Crippen LogP contribution in [0.15, 0.2) is 60.0 Å². The molecule has 158 valence electrons. The quantitative estimate of drug-likeness (QED) is 0.442. The highest BCUT2D eigenvalue weighted by Gasteiger charge is 2.12. The molecule has 0 bridgehead atoms. The van der Waals surface area contributed by atoms with Crippen molar-refractivity contribution in [3.8, 4) is 5.75 Å². The Labute approximate surface area is 184 Å². The fourth-order valence-electron chi connectivity index (χ4n) is 3.55. The van der Waals surface area contributed by atoms with Crippen LogP contribution in [0.4, 0.5) is 28.8 Å². The van der Waals surface area contributed by atoms with E-state index in [-0.39, 0.29) is 0 Å². The van der Waals surface area contributed by atoms with Crippen LogP contribution in [0.5, 0.6) is 5.75 Å². The molecule has 2 N–H and O–H groups in total. The molecule has 8 heteroatoms. The van der Waals surface area contributed by atoms with Gasteiger partial charge in [0.15, 0.2) is 5.82 Å². The number of nitrogens with zero attached hydrogens (tertiary/aromatic N) is 3. The number of hydrogen-bond donors (Lipinski definition) is 2. The minimum atomic E-state index is 0.551. The molecule has 5 rings (SSSR count). The molecule has 0 atom stereocenters. The zero-order valence-corrected chi connectivity index (χ0v) is 18.0. The van der Waals surface area contributed by atoms with Gasteiger partial charge in [0.25, 0.3) is 0 Å². The maximum absolute atomic E-state index is 5.44. The Morgan fingerprint density at radius 1 is 0.968 bits per heavy atom. The van der Waals surface area contributed by atoms with Gasteiger partial charge in [-0.15, -0.1) is 11.3 Å². The lowest BCUT2D eigenvalue weighted by Gasteiger charge is -2.28. The predicted molar refractivity (Wildman–Crippen MR) is 126 cm³/mol. The fourth-order valence-corrected chi connectivity index (χ4v) is 4.32. The van der Waals surface area contributed by atoms with E-state index in [4.69, 9.17) is 14.5 Å². The van der Waals surface area contributed by atoms with Crippen LogP contribution < -0.4 is 20.3 Å². The van der Waals surface area contributed by atoms with Gasteiger partial charge in [0, 0.05) is 36.2 Å². The molecule has 0 radical (unpaired) electrons. The van der Waals surface area contributed by atoms with E-state index in [0.29, 0.717) is 5.95 Å². The number of aromatic nitrogens is 2. The van der Waals surface area contributed by atoms with Crippen molar-refractivity contribution in [1.29, 1.82) is 0 Å².